The summed E-state index contributed by atoms with van der Waals surface area (Å²) in [4.78, 5) is 0. The molecule has 0 fully saturated rings. The van der Waals surface area contributed by atoms with Crippen molar-refractivity contribution in [1.82, 2.24) is 0 Å². The van der Waals surface area contributed by atoms with Gasteiger partial charge in [-0.05, 0) is 0 Å². The Morgan fingerprint density at radius 2 is 0.429 bits per heavy atom. The van der Waals surface area contributed by atoms with Crippen LogP contribution in [0.15, 0.2) is 0 Å². The monoisotopic (exact) mass is 346 g/mol. The van der Waals surface area contributed by atoms with E-state index in [-0.39, 0.29) is 137 Å². The van der Waals surface area contributed by atoms with Gasteiger partial charge in [0.1, 0.15) is 0 Å². The third-order valence-electron chi connectivity index (χ3n) is 0. The van der Waals surface area contributed by atoms with Gasteiger partial charge in [0.25, 0.3) is 0 Å². The Hall–Kier alpha value is 3.80. The van der Waals surface area contributed by atoms with Crippen LogP contribution in [0.5, 0.6) is 0 Å². The Morgan fingerprint density at radius 1 is 0.429 bits per heavy atom. The van der Waals surface area contributed by atoms with Gasteiger partial charge < -0.3 is 16.4 Å². The van der Waals surface area contributed by atoms with Crippen molar-refractivity contribution >= 4 is 37.7 Å². The second-order valence-corrected chi connectivity index (χ2v) is 0. The largest absolute Gasteiger partial charge is 3.00 e. The Bertz CT molecular complexity index is 10.9. The minimum Gasteiger partial charge on any atom is -2.00 e. The minimum atomic E-state index is 0. The maximum absolute atomic E-state index is 0. The summed E-state index contributed by atoms with van der Waals surface area (Å²) in [6, 6.07) is 0. The molecule has 0 atom stereocenters. The zero-order valence-electron chi connectivity index (χ0n) is 2.38. The summed E-state index contributed by atoms with van der Waals surface area (Å²) in [6.45, 7) is 0. The Morgan fingerprint density at radius 3 is 0.429 bits per heavy atom. The van der Waals surface area contributed by atoms with E-state index in [0.717, 1.165) is 0 Å². The smallest absolute Gasteiger partial charge is 2.00 e. The quantitative estimate of drug-likeness (QED) is 0.471. The third kappa shape index (κ3) is 41.3. The SMILES string of the molecule is [LiH].[LiH].[O-2].[O-2].[O-2].[Pr+3].[Pr+3]. The van der Waals surface area contributed by atoms with E-state index in [9.17, 15) is 0 Å². The Labute approximate surface area is 133 Å². The van der Waals surface area contributed by atoms with E-state index in [1.165, 1.54) is 0 Å². The predicted octanol–water partition coefficient (Wildman–Crippen LogP) is -1.65. The number of rotatable bonds is 0. The van der Waals surface area contributed by atoms with Gasteiger partial charge in [-0.2, -0.15) is 0 Å². The minimum absolute atomic E-state index is 0. The van der Waals surface area contributed by atoms with Gasteiger partial charge in [0.2, 0.25) is 0 Å². The third-order valence-corrected chi connectivity index (χ3v) is 0. The molecule has 3 nitrogen and oxygen atoms in total. The van der Waals surface area contributed by atoms with Crippen molar-refractivity contribution in [2.75, 3.05) is 0 Å². The van der Waals surface area contributed by atoms with Crippen LogP contribution in [0.25, 0.3) is 0 Å². The van der Waals surface area contributed by atoms with Crippen molar-refractivity contribution in [1.29, 1.82) is 0 Å². The maximum Gasteiger partial charge on any atom is 3.00 e. The summed E-state index contributed by atoms with van der Waals surface area (Å²) >= 11 is 0. The maximum atomic E-state index is 0. The molecular weight excluding hydrogens is 344 g/mol. The zero-order valence-corrected chi connectivity index (χ0v) is 9.79. The van der Waals surface area contributed by atoms with Crippen LogP contribution in [0, 0.1) is 82.6 Å². The molecule has 0 spiro atoms. The fourth-order valence-corrected chi connectivity index (χ4v) is 0. The summed E-state index contributed by atoms with van der Waals surface area (Å²) in [5.74, 6) is 0. The molecule has 0 amide bonds. The van der Waals surface area contributed by atoms with Crippen LogP contribution in [0.3, 0.4) is 0 Å². The Balaban J connectivity index is 0. The van der Waals surface area contributed by atoms with Crippen LogP contribution in [-0.4, -0.2) is 37.7 Å². The molecule has 0 aliphatic carbocycles. The van der Waals surface area contributed by atoms with Gasteiger partial charge in [-0.3, -0.25) is 0 Å². The summed E-state index contributed by atoms with van der Waals surface area (Å²) < 4.78 is 0. The Kier molecular flexibility index (Phi) is 539. The zero-order chi connectivity index (χ0) is 0. The molecule has 0 saturated heterocycles. The van der Waals surface area contributed by atoms with Crippen LogP contribution in [0.2, 0.25) is 0 Å². The normalized spacial score (nSPS) is 0. The summed E-state index contributed by atoms with van der Waals surface area (Å²) in [7, 11) is 0. The average Bonchev–Trinajstić information content (AvgIpc) is 0. The molecule has 7 heavy (non-hydrogen) atoms. The molecule has 0 aromatic rings. The van der Waals surface area contributed by atoms with E-state index in [1.807, 2.05) is 0 Å². The first kappa shape index (κ1) is 71.8. The van der Waals surface area contributed by atoms with Crippen molar-refractivity contribution in [3.63, 3.8) is 0 Å². The van der Waals surface area contributed by atoms with Crippen LogP contribution in [-0.2, 0) is 16.4 Å². The summed E-state index contributed by atoms with van der Waals surface area (Å²) in [5.41, 5.74) is 0. The second kappa shape index (κ2) is 52.5. The second-order valence-electron chi connectivity index (χ2n) is 0. The van der Waals surface area contributed by atoms with Crippen molar-refractivity contribution in [2.24, 2.45) is 0 Å². The molecule has 0 heterocycles. The van der Waals surface area contributed by atoms with E-state index in [1.54, 1.807) is 0 Å². The molecule has 0 N–H and O–H groups in total. The fourth-order valence-electron chi connectivity index (χ4n) is 0. The van der Waals surface area contributed by atoms with Crippen molar-refractivity contribution in [3.05, 3.63) is 0 Å². The first-order valence-corrected chi connectivity index (χ1v) is 0. The topological polar surface area (TPSA) is 85.5 Å². The van der Waals surface area contributed by atoms with E-state index >= 15 is 0 Å². The molecule has 0 bridgehead atoms. The van der Waals surface area contributed by atoms with Crippen molar-refractivity contribution < 1.29 is 99.0 Å². The van der Waals surface area contributed by atoms with E-state index < -0.39 is 0 Å². The molecule has 0 aromatic heterocycles. The van der Waals surface area contributed by atoms with Crippen molar-refractivity contribution in [2.45, 2.75) is 0 Å². The van der Waals surface area contributed by atoms with Gasteiger partial charge in [-0.1, -0.05) is 0 Å². The van der Waals surface area contributed by atoms with Gasteiger partial charge in [0.15, 0.2) is 0 Å². The molecule has 7 heteroatoms. The van der Waals surface area contributed by atoms with Crippen LogP contribution < -0.4 is 0 Å². The summed E-state index contributed by atoms with van der Waals surface area (Å²) in [5, 5.41) is 0. The molecular formula is H2Li2O3Pr2. The molecule has 0 aliphatic rings. The number of hydrogen-bond acceptors (Lipinski definition) is 0. The molecule has 0 unspecified atom stereocenters. The molecule has 0 radical (unpaired) electrons. The van der Waals surface area contributed by atoms with Gasteiger partial charge in [0, 0.05) is 0 Å². The first-order valence-electron chi connectivity index (χ1n) is 0. The average molecular weight is 346 g/mol. The number of hydrogen-bond donors (Lipinski definition) is 0. The molecule has 0 rings (SSSR count). The van der Waals surface area contributed by atoms with Crippen LogP contribution in [0.4, 0.5) is 0 Å². The van der Waals surface area contributed by atoms with Crippen LogP contribution >= 0.6 is 0 Å². The van der Waals surface area contributed by atoms with Crippen molar-refractivity contribution in [3.8, 4) is 0 Å². The van der Waals surface area contributed by atoms with Gasteiger partial charge in [0.05, 0.1) is 0 Å². The molecule has 0 aliphatic heterocycles. The van der Waals surface area contributed by atoms with Gasteiger partial charge in [-0.25, -0.2) is 0 Å². The van der Waals surface area contributed by atoms with E-state index in [0.29, 0.717) is 0 Å². The first-order chi connectivity index (χ1) is 0. The predicted molar refractivity (Wildman–Crippen MR) is 16.4 cm³/mol. The van der Waals surface area contributed by atoms with Gasteiger partial charge in [-0.15, -0.1) is 0 Å². The van der Waals surface area contributed by atoms with Gasteiger partial charge >= 0.3 is 120 Å². The molecule has 28 valence electrons. The molecule has 0 saturated carbocycles. The van der Waals surface area contributed by atoms with E-state index in [4.69, 9.17) is 0 Å². The standard InChI is InChI=1S/2Li.3O.2Pr.2H/q;;3*-2;2*+3;;. The fraction of sp³-hybridized carbons (Fsp3) is 0. The van der Waals surface area contributed by atoms with E-state index in [2.05, 4.69) is 0 Å². The summed E-state index contributed by atoms with van der Waals surface area (Å²) in [6.07, 6.45) is 0. The van der Waals surface area contributed by atoms with Crippen LogP contribution in [0.1, 0.15) is 0 Å². The molecule has 0 aromatic carbocycles.